The first-order valence-corrected chi connectivity index (χ1v) is 14.5. The van der Waals surface area contributed by atoms with Crippen molar-refractivity contribution < 1.29 is 48.3 Å². The molecule has 0 radical (unpaired) electrons. The number of hydrogen-bond acceptors (Lipinski definition) is 7. The summed E-state index contributed by atoms with van der Waals surface area (Å²) in [6.07, 6.45) is -5.37. The van der Waals surface area contributed by atoms with Gasteiger partial charge in [0, 0.05) is 38.7 Å². The van der Waals surface area contributed by atoms with Crippen molar-refractivity contribution in [2.45, 2.75) is 29.0 Å². The van der Waals surface area contributed by atoms with E-state index in [4.69, 9.17) is 4.74 Å². The second-order valence-electron chi connectivity index (χ2n) is 8.52. The summed E-state index contributed by atoms with van der Waals surface area (Å²) >= 11 is 0. The van der Waals surface area contributed by atoms with Gasteiger partial charge >= 0.3 is 6.18 Å². The van der Waals surface area contributed by atoms with Crippen molar-refractivity contribution in [3.63, 3.8) is 0 Å². The lowest BCUT2D eigenvalue weighted by Gasteiger charge is -2.36. The molecule has 3 rings (SSSR count). The topological polar surface area (TPSA) is 101 Å². The monoisotopic (exact) mass is 570 g/mol. The zero-order valence-electron chi connectivity index (χ0n) is 19.8. The maximum absolute atomic E-state index is 14.6. The number of sulfone groups is 2. The van der Waals surface area contributed by atoms with Crippen LogP contribution in [-0.4, -0.2) is 78.6 Å². The van der Waals surface area contributed by atoms with E-state index in [-0.39, 0.29) is 31.1 Å². The number of nitrogens with zero attached hydrogens (tertiary/aromatic N) is 2. The molecule has 2 aromatic carbocycles. The van der Waals surface area contributed by atoms with E-state index in [1.807, 2.05) is 0 Å². The van der Waals surface area contributed by atoms with Gasteiger partial charge < -0.3 is 14.5 Å². The molecule has 0 bridgehead atoms. The van der Waals surface area contributed by atoms with Crippen molar-refractivity contribution in [3.05, 3.63) is 47.5 Å². The van der Waals surface area contributed by atoms with Gasteiger partial charge in [0.15, 0.2) is 37.4 Å². The zero-order chi connectivity index (χ0) is 27.9. The van der Waals surface area contributed by atoms with Crippen molar-refractivity contribution in [2.24, 2.45) is 0 Å². The Kier molecular flexibility index (Phi) is 7.80. The van der Waals surface area contributed by atoms with Crippen LogP contribution in [0.5, 0.6) is 5.75 Å². The first kappa shape index (κ1) is 28.6. The van der Waals surface area contributed by atoms with Gasteiger partial charge in [-0.2, -0.15) is 13.2 Å². The van der Waals surface area contributed by atoms with Crippen LogP contribution in [0, 0.1) is 11.6 Å². The van der Waals surface area contributed by atoms with Crippen LogP contribution in [-0.2, 0) is 19.7 Å². The zero-order valence-corrected chi connectivity index (χ0v) is 21.5. The Labute approximate surface area is 210 Å². The number of alkyl halides is 3. The van der Waals surface area contributed by atoms with Crippen molar-refractivity contribution in [1.82, 2.24) is 4.90 Å². The van der Waals surface area contributed by atoms with Crippen LogP contribution in [0.2, 0.25) is 0 Å². The van der Waals surface area contributed by atoms with Crippen LogP contribution in [0.15, 0.2) is 40.1 Å². The molecule has 0 aliphatic carbocycles. The number of ether oxygens (including phenoxy) is 1. The summed E-state index contributed by atoms with van der Waals surface area (Å²) < 4.78 is 120. The van der Waals surface area contributed by atoms with E-state index in [9.17, 15) is 43.6 Å². The molecule has 15 heteroatoms. The lowest BCUT2D eigenvalue weighted by atomic mass is 10.1. The fraction of sp³-hybridized carbons (Fsp3) is 0.409. The smallest absolute Gasteiger partial charge is 0.425 e. The normalized spacial score (nSPS) is 16.0. The quantitative estimate of drug-likeness (QED) is 0.492. The fourth-order valence-electron chi connectivity index (χ4n) is 3.63. The highest BCUT2D eigenvalue weighted by atomic mass is 32.2. The predicted molar refractivity (Wildman–Crippen MR) is 123 cm³/mol. The molecule has 1 heterocycles. The molecule has 1 atom stereocenters. The molecule has 0 saturated carbocycles. The third-order valence-electron chi connectivity index (χ3n) is 5.68. The van der Waals surface area contributed by atoms with Crippen LogP contribution >= 0.6 is 0 Å². The van der Waals surface area contributed by atoms with Gasteiger partial charge in [-0.1, -0.05) is 0 Å². The number of piperazine rings is 1. The van der Waals surface area contributed by atoms with E-state index in [0.29, 0.717) is 12.1 Å². The molecule has 2 aromatic rings. The van der Waals surface area contributed by atoms with Gasteiger partial charge in [0.05, 0.1) is 15.4 Å². The summed E-state index contributed by atoms with van der Waals surface area (Å²) in [5, 5.41) is 0. The SMILES string of the molecule is CC(Oc1ccc(S(C)(=O)=O)cc1C(=O)N1CCN(c2c(F)cc(S(C)(=O)=O)cc2F)CC1)C(F)(F)F. The Bertz CT molecular complexity index is 1400. The number of amides is 1. The molecule has 1 saturated heterocycles. The van der Waals surface area contributed by atoms with Crippen LogP contribution in [0.4, 0.5) is 27.6 Å². The molecule has 1 aliphatic heterocycles. The van der Waals surface area contributed by atoms with Crippen LogP contribution in [0.1, 0.15) is 17.3 Å². The summed E-state index contributed by atoms with van der Waals surface area (Å²) in [5.74, 6) is -3.53. The number of benzene rings is 2. The lowest BCUT2D eigenvalue weighted by Crippen LogP contribution is -2.49. The average Bonchev–Trinajstić information content (AvgIpc) is 2.77. The van der Waals surface area contributed by atoms with E-state index >= 15 is 0 Å². The Hall–Kier alpha value is -2.94. The third kappa shape index (κ3) is 6.50. The Morgan fingerprint density at radius 3 is 1.86 bits per heavy atom. The lowest BCUT2D eigenvalue weighted by molar-refractivity contribution is -0.189. The average molecular weight is 571 g/mol. The Morgan fingerprint density at radius 2 is 1.41 bits per heavy atom. The van der Waals surface area contributed by atoms with Gasteiger partial charge in [0.2, 0.25) is 0 Å². The first-order valence-electron chi connectivity index (χ1n) is 10.7. The van der Waals surface area contributed by atoms with Gasteiger partial charge in [0.1, 0.15) is 11.4 Å². The first-order chi connectivity index (χ1) is 16.9. The van der Waals surface area contributed by atoms with E-state index in [2.05, 4.69) is 0 Å². The fourth-order valence-corrected chi connectivity index (χ4v) is 4.91. The molecular formula is C22H23F5N2O6S2. The van der Waals surface area contributed by atoms with Gasteiger partial charge in [0.25, 0.3) is 5.91 Å². The number of rotatable bonds is 6. The standard InChI is InChI=1S/C22H23F5N2O6S2/c1-13(22(25,26)27)35-19-5-4-14(36(2,31)32)10-16(19)21(30)29-8-6-28(7-9-29)20-17(23)11-15(12-18(20)24)37(3,33)34/h4-5,10-13H,6-9H2,1-3H3. The number of halogens is 5. The molecular weight excluding hydrogens is 547 g/mol. The maximum Gasteiger partial charge on any atom is 0.425 e. The largest absolute Gasteiger partial charge is 0.480 e. The Morgan fingerprint density at radius 1 is 0.892 bits per heavy atom. The number of hydrogen-bond donors (Lipinski definition) is 0. The van der Waals surface area contributed by atoms with E-state index in [1.54, 1.807) is 0 Å². The molecule has 0 spiro atoms. The van der Waals surface area contributed by atoms with Crippen molar-refractivity contribution in [2.75, 3.05) is 43.6 Å². The molecule has 1 amide bonds. The predicted octanol–water partition coefficient (Wildman–Crippen LogP) is 3.06. The molecule has 0 aromatic heterocycles. The van der Waals surface area contributed by atoms with Gasteiger partial charge in [-0.25, -0.2) is 25.6 Å². The molecule has 8 nitrogen and oxygen atoms in total. The maximum atomic E-state index is 14.6. The highest BCUT2D eigenvalue weighted by Crippen LogP contribution is 2.31. The Balaban J connectivity index is 1.87. The molecule has 1 aliphatic rings. The van der Waals surface area contributed by atoms with Gasteiger partial charge in [-0.15, -0.1) is 0 Å². The second-order valence-corrected chi connectivity index (χ2v) is 12.6. The van der Waals surface area contributed by atoms with Crippen LogP contribution in [0.25, 0.3) is 0 Å². The number of carbonyl (C=O) groups excluding carboxylic acids is 1. The second kappa shape index (κ2) is 10.1. The molecule has 0 N–H and O–H groups in total. The van der Waals surface area contributed by atoms with Crippen LogP contribution in [0.3, 0.4) is 0 Å². The molecule has 37 heavy (non-hydrogen) atoms. The van der Waals surface area contributed by atoms with Crippen LogP contribution < -0.4 is 9.64 Å². The summed E-state index contributed by atoms with van der Waals surface area (Å²) in [5.41, 5.74) is -0.899. The minimum Gasteiger partial charge on any atom is -0.480 e. The van der Waals surface area contributed by atoms with E-state index in [1.165, 1.54) is 9.80 Å². The third-order valence-corrected chi connectivity index (χ3v) is 7.88. The highest BCUT2D eigenvalue weighted by molar-refractivity contribution is 7.91. The minimum absolute atomic E-state index is 0.0985. The summed E-state index contributed by atoms with van der Waals surface area (Å²) in [4.78, 5) is 14.8. The van der Waals surface area contributed by atoms with E-state index < -0.39 is 71.4 Å². The molecule has 1 fully saturated rings. The number of carbonyl (C=O) groups is 1. The molecule has 1 unspecified atom stereocenters. The van der Waals surface area contributed by atoms with Crippen molar-refractivity contribution in [3.8, 4) is 5.75 Å². The van der Waals surface area contributed by atoms with Gasteiger partial charge in [-0.3, -0.25) is 4.79 Å². The minimum atomic E-state index is -4.75. The van der Waals surface area contributed by atoms with Gasteiger partial charge in [-0.05, 0) is 37.3 Å². The number of anilines is 1. The van der Waals surface area contributed by atoms with Crippen molar-refractivity contribution >= 4 is 31.3 Å². The summed E-state index contributed by atoms with van der Waals surface area (Å²) in [6.45, 7) is 0.291. The summed E-state index contributed by atoms with van der Waals surface area (Å²) in [7, 11) is -7.67. The summed E-state index contributed by atoms with van der Waals surface area (Å²) in [6, 6.07) is 4.29. The van der Waals surface area contributed by atoms with E-state index in [0.717, 1.165) is 37.6 Å². The van der Waals surface area contributed by atoms with Crippen molar-refractivity contribution in [1.29, 1.82) is 0 Å². The molecule has 204 valence electrons. The highest BCUT2D eigenvalue weighted by Gasteiger charge is 2.39.